The van der Waals surface area contributed by atoms with E-state index in [1.54, 1.807) is 0 Å². The van der Waals surface area contributed by atoms with E-state index in [2.05, 4.69) is 15.6 Å². The molecule has 2 amide bonds. The van der Waals surface area contributed by atoms with E-state index in [0.29, 0.717) is 13.2 Å². The molecule has 2 saturated heterocycles. The Morgan fingerprint density at radius 2 is 2.27 bits per heavy atom. The third-order valence-corrected chi connectivity index (χ3v) is 2.52. The fourth-order valence-corrected chi connectivity index (χ4v) is 1.57. The van der Waals surface area contributed by atoms with Gasteiger partial charge in [0.25, 0.3) is 5.91 Å². The van der Waals surface area contributed by atoms with Gasteiger partial charge < -0.3 is 15.8 Å². The number of nitrogens with two attached hydrogens (primary N) is 1. The van der Waals surface area contributed by atoms with E-state index >= 15 is 0 Å². The van der Waals surface area contributed by atoms with Crippen LogP contribution in [0.2, 0.25) is 0 Å². The van der Waals surface area contributed by atoms with Crippen LogP contribution in [0.15, 0.2) is 0 Å². The molecule has 2 aliphatic rings. The molecule has 4 N–H and O–H groups in total. The Morgan fingerprint density at radius 1 is 1.47 bits per heavy atom. The van der Waals surface area contributed by atoms with Gasteiger partial charge in [-0.05, 0) is 0 Å². The van der Waals surface area contributed by atoms with Crippen molar-refractivity contribution in [1.82, 2.24) is 10.8 Å². The summed E-state index contributed by atoms with van der Waals surface area (Å²) < 4.78 is 5.06. The van der Waals surface area contributed by atoms with Crippen molar-refractivity contribution in [2.75, 3.05) is 19.8 Å². The van der Waals surface area contributed by atoms with E-state index in [-0.39, 0.29) is 30.4 Å². The Hall–Kier alpha value is -1.18. The number of carbonyl (C=O) groups is 2. The second kappa shape index (κ2) is 4.13. The zero-order valence-electron chi connectivity index (χ0n) is 8.06. The quantitative estimate of drug-likeness (QED) is 0.473. The van der Waals surface area contributed by atoms with Crippen molar-refractivity contribution < 1.29 is 19.2 Å². The van der Waals surface area contributed by atoms with E-state index in [4.69, 9.17) is 10.5 Å². The molecule has 0 aromatic rings. The first kappa shape index (κ1) is 10.3. The van der Waals surface area contributed by atoms with Crippen molar-refractivity contribution >= 4 is 11.8 Å². The summed E-state index contributed by atoms with van der Waals surface area (Å²) in [6.45, 7) is 0.834. The van der Waals surface area contributed by atoms with E-state index in [1.807, 2.05) is 0 Å². The molecule has 0 aliphatic carbocycles. The lowest BCUT2D eigenvalue weighted by molar-refractivity contribution is -0.130. The predicted molar refractivity (Wildman–Crippen MR) is 48.3 cm³/mol. The fourth-order valence-electron chi connectivity index (χ4n) is 1.57. The molecule has 2 rings (SSSR count). The lowest BCUT2D eigenvalue weighted by atomic mass is 10.0. The number of rotatable bonds is 2. The SMILES string of the molecule is NC1COCC1C(=O)N[C@@H]1CONC1=O. The van der Waals surface area contributed by atoms with Crippen LogP contribution in [0.3, 0.4) is 0 Å². The second-order valence-electron chi connectivity index (χ2n) is 3.65. The van der Waals surface area contributed by atoms with Crippen LogP contribution in [-0.2, 0) is 19.2 Å². The highest BCUT2D eigenvalue weighted by Gasteiger charge is 2.35. The first-order valence-corrected chi connectivity index (χ1v) is 4.74. The highest BCUT2D eigenvalue weighted by molar-refractivity contribution is 5.89. The van der Waals surface area contributed by atoms with Crippen LogP contribution >= 0.6 is 0 Å². The Balaban J connectivity index is 1.88. The van der Waals surface area contributed by atoms with Gasteiger partial charge in [0.15, 0.2) is 0 Å². The van der Waals surface area contributed by atoms with E-state index in [1.165, 1.54) is 0 Å². The summed E-state index contributed by atoms with van der Waals surface area (Å²) in [6.07, 6.45) is 0. The van der Waals surface area contributed by atoms with Crippen molar-refractivity contribution in [3.8, 4) is 0 Å². The van der Waals surface area contributed by atoms with Crippen molar-refractivity contribution in [1.29, 1.82) is 0 Å². The third kappa shape index (κ3) is 2.09. The summed E-state index contributed by atoms with van der Waals surface area (Å²) in [6, 6.07) is -0.916. The molecule has 3 atom stereocenters. The summed E-state index contributed by atoms with van der Waals surface area (Å²) in [5.41, 5.74) is 7.83. The number of hydroxylamine groups is 1. The van der Waals surface area contributed by atoms with Crippen molar-refractivity contribution in [3.05, 3.63) is 0 Å². The Morgan fingerprint density at radius 3 is 2.80 bits per heavy atom. The van der Waals surface area contributed by atoms with Crippen LogP contribution in [0.5, 0.6) is 0 Å². The van der Waals surface area contributed by atoms with Gasteiger partial charge >= 0.3 is 0 Å². The topological polar surface area (TPSA) is 103 Å². The van der Waals surface area contributed by atoms with Gasteiger partial charge in [0.1, 0.15) is 12.6 Å². The maximum Gasteiger partial charge on any atom is 0.268 e. The molecule has 0 radical (unpaired) electrons. The number of hydrogen-bond donors (Lipinski definition) is 3. The van der Waals surface area contributed by atoms with Crippen molar-refractivity contribution in [2.24, 2.45) is 11.7 Å². The largest absolute Gasteiger partial charge is 0.379 e. The first-order chi connectivity index (χ1) is 7.18. The molecule has 2 fully saturated rings. The van der Waals surface area contributed by atoms with Gasteiger partial charge in [-0.15, -0.1) is 0 Å². The molecule has 2 heterocycles. The van der Waals surface area contributed by atoms with Gasteiger partial charge in [-0.3, -0.25) is 14.4 Å². The summed E-state index contributed by atoms with van der Waals surface area (Å²) >= 11 is 0. The maximum atomic E-state index is 11.7. The van der Waals surface area contributed by atoms with Gasteiger partial charge in [0, 0.05) is 6.04 Å². The monoisotopic (exact) mass is 215 g/mol. The van der Waals surface area contributed by atoms with E-state index in [0.717, 1.165) is 0 Å². The molecular formula is C8H13N3O4. The molecular weight excluding hydrogens is 202 g/mol. The molecule has 0 aromatic carbocycles. The van der Waals surface area contributed by atoms with Gasteiger partial charge in [-0.1, -0.05) is 0 Å². The molecule has 0 bridgehead atoms. The minimum absolute atomic E-state index is 0.146. The van der Waals surface area contributed by atoms with Gasteiger partial charge in [-0.25, -0.2) is 5.48 Å². The molecule has 7 nitrogen and oxygen atoms in total. The lowest BCUT2D eigenvalue weighted by Crippen LogP contribution is -2.48. The lowest BCUT2D eigenvalue weighted by Gasteiger charge is -2.15. The zero-order chi connectivity index (χ0) is 10.8. The third-order valence-electron chi connectivity index (χ3n) is 2.52. The Labute approximate surface area is 86.2 Å². The average Bonchev–Trinajstić information content (AvgIpc) is 2.76. The molecule has 15 heavy (non-hydrogen) atoms. The summed E-state index contributed by atoms with van der Waals surface area (Å²) in [7, 11) is 0. The van der Waals surface area contributed by atoms with Crippen LogP contribution in [0.25, 0.3) is 0 Å². The van der Waals surface area contributed by atoms with Crippen LogP contribution in [0.1, 0.15) is 0 Å². The standard InChI is InChI=1S/C8H13N3O4/c9-5-2-14-1-4(5)7(12)10-6-3-15-11-8(6)13/h4-6H,1-3,9H2,(H,10,12)(H,11,13)/t4?,5?,6-/m1/s1. The Kier molecular flexibility index (Phi) is 2.85. The normalized spacial score (nSPS) is 35.3. The van der Waals surface area contributed by atoms with Crippen LogP contribution in [0.4, 0.5) is 0 Å². The number of ether oxygens (including phenoxy) is 1. The second-order valence-corrected chi connectivity index (χ2v) is 3.65. The molecule has 0 spiro atoms. The summed E-state index contributed by atoms with van der Waals surface area (Å²) in [5.74, 6) is -0.972. The van der Waals surface area contributed by atoms with Crippen LogP contribution in [-0.4, -0.2) is 43.7 Å². The number of amides is 2. The van der Waals surface area contributed by atoms with Gasteiger partial charge in [0.2, 0.25) is 5.91 Å². The minimum Gasteiger partial charge on any atom is -0.379 e. The van der Waals surface area contributed by atoms with Crippen LogP contribution in [0, 0.1) is 5.92 Å². The molecule has 0 aromatic heterocycles. The summed E-state index contributed by atoms with van der Waals surface area (Å²) in [5, 5.41) is 2.56. The van der Waals surface area contributed by atoms with Gasteiger partial charge in [0.05, 0.1) is 19.1 Å². The Bertz CT molecular complexity index is 283. The predicted octanol–water partition coefficient (Wildman–Crippen LogP) is -2.49. The molecule has 2 aliphatic heterocycles. The maximum absolute atomic E-state index is 11.7. The zero-order valence-corrected chi connectivity index (χ0v) is 8.06. The molecule has 84 valence electrons. The minimum atomic E-state index is -0.620. The number of hydrogen-bond acceptors (Lipinski definition) is 5. The van der Waals surface area contributed by atoms with Crippen molar-refractivity contribution in [2.45, 2.75) is 12.1 Å². The molecule has 2 unspecified atom stereocenters. The molecule has 7 heteroatoms. The fraction of sp³-hybridized carbons (Fsp3) is 0.750. The smallest absolute Gasteiger partial charge is 0.268 e. The van der Waals surface area contributed by atoms with Crippen molar-refractivity contribution in [3.63, 3.8) is 0 Å². The number of nitrogens with one attached hydrogen (secondary N) is 2. The van der Waals surface area contributed by atoms with E-state index < -0.39 is 6.04 Å². The highest BCUT2D eigenvalue weighted by Crippen LogP contribution is 2.12. The molecule has 0 saturated carbocycles. The number of carbonyl (C=O) groups excluding carboxylic acids is 2. The summed E-state index contributed by atoms with van der Waals surface area (Å²) in [4.78, 5) is 27.4. The first-order valence-electron chi connectivity index (χ1n) is 4.74. The highest BCUT2D eigenvalue weighted by atomic mass is 16.7. The average molecular weight is 215 g/mol. The van der Waals surface area contributed by atoms with Gasteiger partial charge in [-0.2, -0.15) is 0 Å². The van der Waals surface area contributed by atoms with E-state index in [9.17, 15) is 9.59 Å². The van der Waals surface area contributed by atoms with Crippen LogP contribution < -0.4 is 16.5 Å².